The molecule has 22 heavy (non-hydrogen) atoms. The van der Waals surface area contributed by atoms with Crippen LogP contribution in [-0.4, -0.2) is 30.5 Å². The molecular weight excluding hydrogens is 312 g/mol. The first-order chi connectivity index (χ1) is 10.2. The summed E-state index contributed by atoms with van der Waals surface area (Å²) in [4.78, 5) is 24.5. The molecule has 2 rings (SSSR count). The lowest BCUT2D eigenvalue weighted by Gasteiger charge is -2.20. The maximum Gasteiger partial charge on any atom is 0.417 e. The van der Waals surface area contributed by atoms with Crippen LogP contribution in [-0.2, 0) is 14.8 Å². The molecule has 9 heteroatoms. The molecule has 1 heterocycles. The third kappa shape index (κ3) is 3.20. The molecule has 8 nitrogen and oxygen atoms in total. The number of hydrogen-bond donors (Lipinski definition) is 3. The van der Waals surface area contributed by atoms with E-state index in [0.717, 1.165) is 0 Å². The van der Waals surface area contributed by atoms with Gasteiger partial charge in [-0.05, 0) is 18.1 Å². The van der Waals surface area contributed by atoms with Crippen molar-refractivity contribution in [1.29, 1.82) is 0 Å². The zero-order chi connectivity index (χ0) is 16.5. The molecule has 0 saturated carbocycles. The van der Waals surface area contributed by atoms with Gasteiger partial charge in [-0.3, -0.25) is 9.78 Å². The lowest BCUT2D eigenvalue weighted by atomic mass is 10.0. The molecule has 0 fully saturated rings. The first-order valence-electron chi connectivity index (χ1n) is 6.62. The van der Waals surface area contributed by atoms with E-state index >= 15 is 0 Å². The summed E-state index contributed by atoms with van der Waals surface area (Å²) in [5.41, 5.74) is 0.448. The van der Waals surface area contributed by atoms with Crippen LogP contribution in [0.4, 0.5) is 0 Å². The topological polar surface area (TPSA) is 129 Å². The van der Waals surface area contributed by atoms with Crippen LogP contribution in [0.15, 0.2) is 32.3 Å². The van der Waals surface area contributed by atoms with E-state index in [4.69, 9.17) is 9.52 Å². The van der Waals surface area contributed by atoms with Crippen molar-refractivity contribution in [3.8, 4) is 0 Å². The summed E-state index contributed by atoms with van der Waals surface area (Å²) in [6, 6.07) is 2.59. The molecule has 2 atom stereocenters. The number of fused-ring (bicyclic) bond motifs is 1. The second kappa shape index (κ2) is 5.93. The minimum Gasteiger partial charge on any atom is -0.480 e. The summed E-state index contributed by atoms with van der Waals surface area (Å²) in [7, 11) is -4.05. The summed E-state index contributed by atoms with van der Waals surface area (Å²) >= 11 is 0. The predicted molar refractivity (Wildman–Crippen MR) is 78.0 cm³/mol. The van der Waals surface area contributed by atoms with E-state index in [2.05, 4.69) is 9.71 Å². The van der Waals surface area contributed by atoms with Crippen LogP contribution in [0.25, 0.3) is 11.1 Å². The molecular formula is C13H16N2O6S. The summed E-state index contributed by atoms with van der Waals surface area (Å²) < 4.78 is 31.6. The summed E-state index contributed by atoms with van der Waals surface area (Å²) in [6.45, 7) is 3.42. The Kier molecular flexibility index (Phi) is 4.38. The standard InChI is InChI=1S/C13H16N2O6S/c1-3-7(2)11(12(16)17)15-22(19,20)8-4-5-9-10(6-8)21-13(18)14-9/h4-7,11,15H,3H2,1-2H3,(H,14,18)(H,16,17). The number of rotatable bonds is 6. The minimum absolute atomic E-state index is 0.0864. The average Bonchev–Trinajstić information content (AvgIpc) is 2.82. The largest absolute Gasteiger partial charge is 0.480 e. The van der Waals surface area contributed by atoms with Gasteiger partial charge in [0.05, 0.1) is 10.4 Å². The Morgan fingerprint density at radius 1 is 1.45 bits per heavy atom. The van der Waals surface area contributed by atoms with Gasteiger partial charge in [-0.2, -0.15) is 4.72 Å². The van der Waals surface area contributed by atoms with Gasteiger partial charge in [0, 0.05) is 6.07 Å². The number of oxazole rings is 1. The molecule has 120 valence electrons. The Morgan fingerprint density at radius 3 is 2.73 bits per heavy atom. The molecule has 2 unspecified atom stereocenters. The van der Waals surface area contributed by atoms with Gasteiger partial charge >= 0.3 is 11.7 Å². The van der Waals surface area contributed by atoms with Crippen LogP contribution in [0, 0.1) is 5.92 Å². The molecule has 1 aromatic carbocycles. The van der Waals surface area contributed by atoms with Crippen LogP contribution in [0.2, 0.25) is 0 Å². The smallest absolute Gasteiger partial charge is 0.417 e. The zero-order valence-electron chi connectivity index (χ0n) is 12.0. The SMILES string of the molecule is CCC(C)C(NS(=O)(=O)c1ccc2[nH]c(=O)oc2c1)C(=O)O. The number of hydrogen-bond acceptors (Lipinski definition) is 5. The molecule has 0 saturated heterocycles. The maximum atomic E-state index is 12.3. The molecule has 0 bridgehead atoms. The Bertz CT molecular complexity index is 851. The third-order valence-electron chi connectivity index (χ3n) is 3.46. The minimum atomic E-state index is -4.05. The molecule has 0 aliphatic carbocycles. The first-order valence-corrected chi connectivity index (χ1v) is 8.11. The number of aliphatic carboxylic acids is 1. The van der Waals surface area contributed by atoms with E-state index in [1.54, 1.807) is 13.8 Å². The van der Waals surface area contributed by atoms with Crippen molar-refractivity contribution in [2.75, 3.05) is 0 Å². The normalized spacial score (nSPS) is 14.8. The molecule has 3 N–H and O–H groups in total. The van der Waals surface area contributed by atoms with Crippen molar-refractivity contribution in [3.05, 3.63) is 28.7 Å². The highest BCUT2D eigenvalue weighted by molar-refractivity contribution is 7.89. The Balaban J connectivity index is 2.38. The molecule has 0 amide bonds. The summed E-state index contributed by atoms with van der Waals surface area (Å²) in [6.07, 6.45) is 0.505. The Morgan fingerprint density at radius 2 is 2.14 bits per heavy atom. The van der Waals surface area contributed by atoms with Gasteiger partial charge < -0.3 is 9.52 Å². The van der Waals surface area contributed by atoms with E-state index < -0.39 is 27.8 Å². The van der Waals surface area contributed by atoms with E-state index in [-0.39, 0.29) is 16.4 Å². The van der Waals surface area contributed by atoms with Crippen molar-refractivity contribution < 1.29 is 22.7 Å². The maximum absolute atomic E-state index is 12.3. The lowest BCUT2D eigenvalue weighted by Crippen LogP contribution is -2.44. The van der Waals surface area contributed by atoms with Crippen LogP contribution in [0.1, 0.15) is 20.3 Å². The average molecular weight is 328 g/mol. The van der Waals surface area contributed by atoms with Crippen LogP contribution >= 0.6 is 0 Å². The van der Waals surface area contributed by atoms with Crippen molar-refractivity contribution in [1.82, 2.24) is 9.71 Å². The van der Waals surface area contributed by atoms with Crippen molar-refractivity contribution in [2.45, 2.75) is 31.2 Å². The summed E-state index contributed by atoms with van der Waals surface area (Å²) in [5.74, 6) is -2.31. The van der Waals surface area contributed by atoms with Crippen molar-refractivity contribution in [3.63, 3.8) is 0 Å². The zero-order valence-corrected chi connectivity index (χ0v) is 12.8. The second-order valence-electron chi connectivity index (χ2n) is 5.00. The molecule has 0 radical (unpaired) electrons. The van der Waals surface area contributed by atoms with Gasteiger partial charge in [-0.1, -0.05) is 20.3 Å². The highest BCUT2D eigenvalue weighted by Gasteiger charge is 2.29. The predicted octanol–water partition coefficient (Wildman–Crippen LogP) is 0.899. The monoisotopic (exact) mass is 328 g/mol. The Labute approximate surface area is 126 Å². The third-order valence-corrected chi connectivity index (χ3v) is 4.90. The lowest BCUT2D eigenvalue weighted by molar-refractivity contribution is -0.140. The number of aromatic nitrogens is 1. The van der Waals surface area contributed by atoms with Gasteiger partial charge in [0.25, 0.3) is 0 Å². The van der Waals surface area contributed by atoms with Gasteiger partial charge in [0.1, 0.15) is 6.04 Å². The number of carbonyl (C=O) groups is 1. The number of aromatic amines is 1. The quantitative estimate of drug-likeness (QED) is 0.722. The van der Waals surface area contributed by atoms with E-state index in [1.807, 2.05) is 0 Å². The van der Waals surface area contributed by atoms with Gasteiger partial charge in [-0.25, -0.2) is 13.2 Å². The molecule has 0 aliphatic rings. The first kappa shape index (κ1) is 16.2. The van der Waals surface area contributed by atoms with E-state index in [9.17, 15) is 18.0 Å². The van der Waals surface area contributed by atoms with Crippen molar-refractivity contribution in [2.24, 2.45) is 5.92 Å². The van der Waals surface area contributed by atoms with Gasteiger partial charge in [-0.15, -0.1) is 0 Å². The number of nitrogens with one attached hydrogen (secondary N) is 2. The number of carboxylic acids is 1. The number of benzene rings is 1. The molecule has 0 spiro atoms. The van der Waals surface area contributed by atoms with Crippen molar-refractivity contribution >= 4 is 27.1 Å². The highest BCUT2D eigenvalue weighted by atomic mass is 32.2. The van der Waals surface area contributed by atoms with Gasteiger partial charge in [0.15, 0.2) is 5.58 Å². The fraction of sp³-hybridized carbons (Fsp3) is 0.385. The van der Waals surface area contributed by atoms with Crippen LogP contribution < -0.4 is 10.5 Å². The molecule has 2 aromatic rings. The van der Waals surface area contributed by atoms with E-state index in [0.29, 0.717) is 11.9 Å². The Hall–Kier alpha value is -2.13. The fourth-order valence-corrected chi connectivity index (χ4v) is 3.29. The fourth-order valence-electron chi connectivity index (χ4n) is 1.97. The number of sulfonamides is 1. The number of H-pyrrole nitrogens is 1. The van der Waals surface area contributed by atoms with E-state index in [1.165, 1.54) is 18.2 Å². The van der Waals surface area contributed by atoms with Gasteiger partial charge in [0.2, 0.25) is 10.0 Å². The molecule has 1 aromatic heterocycles. The number of carboxylic acid groups (broad SMARTS) is 1. The van der Waals surface area contributed by atoms with Crippen LogP contribution in [0.3, 0.4) is 0 Å². The highest BCUT2D eigenvalue weighted by Crippen LogP contribution is 2.18. The second-order valence-corrected chi connectivity index (χ2v) is 6.71. The summed E-state index contributed by atoms with van der Waals surface area (Å²) in [5, 5.41) is 9.17. The molecule has 0 aliphatic heterocycles. The van der Waals surface area contributed by atoms with Crippen LogP contribution in [0.5, 0.6) is 0 Å².